The van der Waals surface area contributed by atoms with Gasteiger partial charge in [0, 0.05) is 25.4 Å². The number of likely N-dealkylation sites (tertiary alicyclic amines) is 1. The highest BCUT2D eigenvalue weighted by Crippen LogP contribution is 2.28. The minimum atomic E-state index is 0.364. The van der Waals surface area contributed by atoms with Crippen LogP contribution in [0.15, 0.2) is 0 Å². The summed E-state index contributed by atoms with van der Waals surface area (Å²) in [5, 5.41) is 0. The van der Waals surface area contributed by atoms with Gasteiger partial charge in [-0.15, -0.1) is 11.6 Å². The summed E-state index contributed by atoms with van der Waals surface area (Å²) in [6, 6.07) is 0. The number of carbonyl (C=O) groups excluding carboxylic acids is 1. The van der Waals surface area contributed by atoms with Crippen molar-refractivity contribution in [2.75, 3.05) is 19.0 Å². The highest BCUT2D eigenvalue weighted by atomic mass is 35.5. The summed E-state index contributed by atoms with van der Waals surface area (Å²) in [5.74, 6) is 2.42. The van der Waals surface area contributed by atoms with Crippen LogP contribution in [0.2, 0.25) is 0 Å². The number of hydrogen-bond acceptors (Lipinski definition) is 1. The SMILES string of the molecule is O=C(CCC1CCCCC1)N1CCC(CCl)C1. The molecule has 1 atom stereocenters. The molecule has 0 N–H and O–H groups in total. The van der Waals surface area contributed by atoms with E-state index in [1.807, 2.05) is 4.90 Å². The number of amides is 1. The predicted molar refractivity (Wildman–Crippen MR) is 71.2 cm³/mol. The van der Waals surface area contributed by atoms with Crippen LogP contribution in [0.3, 0.4) is 0 Å². The first kappa shape index (κ1) is 13.2. The molecule has 1 amide bonds. The van der Waals surface area contributed by atoms with Crippen LogP contribution in [0, 0.1) is 11.8 Å². The smallest absolute Gasteiger partial charge is 0.222 e. The van der Waals surface area contributed by atoms with Crippen LogP contribution in [0.4, 0.5) is 0 Å². The molecule has 2 rings (SSSR count). The van der Waals surface area contributed by atoms with Crippen molar-refractivity contribution in [2.24, 2.45) is 11.8 Å². The van der Waals surface area contributed by atoms with E-state index in [-0.39, 0.29) is 0 Å². The van der Waals surface area contributed by atoms with Crippen molar-refractivity contribution in [2.45, 2.75) is 51.4 Å². The molecule has 2 fully saturated rings. The van der Waals surface area contributed by atoms with Gasteiger partial charge in [-0.25, -0.2) is 0 Å². The van der Waals surface area contributed by atoms with Gasteiger partial charge in [0.15, 0.2) is 0 Å². The normalized spacial score (nSPS) is 26.4. The Morgan fingerprint density at radius 1 is 1.12 bits per heavy atom. The molecule has 0 radical (unpaired) electrons. The van der Waals surface area contributed by atoms with E-state index >= 15 is 0 Å². The standard InChI is InChI=1S/C14H24ClNO/c15-10-13-8-9-16(11-13)14(17)7-6-12-4-2-1-3-5-12/h12-13H,1-11H2. The number of alkyl halides is 1. The fourth-order valence-electron chi connectivity index (χ4n) is 3.15. The van der Waals surface area contributed by atoms with Crippen molar-refractivity contribution < 1.29 is 4.79 Å². The van der Waals surface area contributed by atoms with Gasteiger partial charge in [-0.05, 0) is 24.7 Å². The van der Waals surface area contributed by atoms with Gasteiger partial charge in [-0.2, -0.15) is 0 Å². The van der Waals surface area contributed by atoms with Crippen LogP contribution in [-0.2, 0) is 4.79 Å². The lowest BCUT2D eigenvalue weighted by Gasteiger charge is -2.22. The Bertz CT molecular complexity index is 251. The molecule has 0 aromatic heterocycles. The molecule has 98 valence electrons. The van der Waals surface area contributed by atoms with Crippen LogP contribution < -0.4 is 0 Å². The maximum absolute atomic E-state index is 12.0. The molecule has 1 aliphatic heterocycles. The lowest BCUT2D eigenvalue weighted by Crippen LogP contribution is -2.29. The number of carbonyl (C=O) groups is 1. The van der Waals surface area contributed by atoms with E-state index < -0.39 is 0 Å². The lowest BCUT2D eigenvalue weighted by molar-refractivity contribution is -0.130. The minimum Gasteiger partial charge on any atom is -0.342 e. The molecule has 1 saturated heterocycles. The van der Waals surface area contributed by atoms with E-state index in [0.29, 0.717) is 17.7 Å². The Hall–Kier alpha value is -0.240. The van der Waals surface area contributed by atoms with Gasteiger partial charge in [-0.1, -0.05) is 32.1 Å². The highest BCUT2D eigenvalue weighted by molar-refractivity contribution is 6.18. The molecule has 0 aromatic carbocycles. The Balaban J connectivity index is 1.66. The number of hydrogen-bond donors (Lipinski definition) is 0. The largest absolute Gasteiger partial charge is 0.342 e. The summed E-state index contributed by atoms with van der Waals surface area (Å²) in [6.45, 7) is 1.83. The van der Waals surface area contributed by atoms with Gasteiger partial charge in [0.25, 0.3) is 0 Å². The molecule has 2 nitrogen and oxygen atoms in total. The summed E-state index contributed by atoms with van der Waals surface area (Å²) >= 11 is 5.84. The first-order valence-electron chi connectivity index (χ1n) is 7.13. The third kappa shape index (κ3) is 3.87. The monoisotopic (exact) mass is 257 g/mol. The molecule has 1 heterocycles. The molecule has 2 aliphatic rings. The maximum Gasteiger partial charge on any atom is 0.222 e. The summed E-state index contributed by atoms with van der Waals surface area (Å²) < 4.78 is 0. The second kappa shape index (κ2) is 6.63. The Morgan fingerprint density at radius 2 is 1.88 bits per heavy atom. The van der Waals surface area contributed by atoms with E-state index in [4.69, 9.17) is 11.6 Å². The molecule has 1 unspecified atom stereocenters. The van der Waals surface area contributed by atoms with Gasteiger partial charge in [-0.3, -0.25) is 4.79 Å². The van der Waals surface area contributed by atoms with Crippen molar-refractivity contribution in [1.82, 2.24) is 4.90 Å². The number of rotatable bonds is 4. The molecule has 0 aromatic rings. The topological polar surface area (TPSA) is 20.3 Å². The van der Waals surface area contributed by atoms with Gasteiger partial charge < -0.3 is 4.90 Å². The molecule has 1 saturated carbocycles. The van der Waals surface area contributed by atoms with E-state index in [2.05, 4.69) is 0 Å². The molecule has 0 spiro atoms. The zero-order valence-corrected chi connectivity index (χ0v) is 11.4. The minimum absolute atomic E-state index is 0.364. The molecule has 3 heteroatoms. The van der Waals surface area contributed by atoms with Crippen LogP contribution in [-0.4, -0.2) is 29.8 Å². The third-order valence-electron chi connectivity index (χ3n) is 4.35. The number of nitrogens with zero attached hydrogens (tertiary/aromatic N) is 1. The zero-order valence-electron chi connectivity index (χ0n) is 10.7. The van der Waals surface area contributed by atoms with Crippen molar-refractivity contribution >= 4 is 17.5 Å². The zero-order chi connectivity index (χ0) is 12.1. The number of halogens is 1. The molecular weight excluding hydrogens is 234 g/mol. The van der Waals surface area contributed by atoms with Gasteiger partial charge in [0.1, 0.15) is 0 Å². The first-order chi connectivity index (χ1) is 8.29. The van der Waals surface area contributed by atoms with E-state index in [1.165, 1.54) is 32.1 Å². The van der Waals surface area contributed by atoms with Crippen LogP contribution >= 0.6 is 11.6 Å². The lowest BCUT2D eigenvalue weighted by atomic mass is 9.86. The van der Waals surface area contributed by atoms with E-state index in [9.17, 15) is 4.79 Å². The quantitative estimate of drug-likeness (QED) is 0.707. The third-order valence-corrected chi connectivity index (χ3v) is 4.78. The second-order valence-corrected chi connectivity index (χ2v) is 6.00. The summed E-state index contributed by atoms with van der Waals surface area (Å²) in [4.78, 5) is 14.1. The fourth-order valence-corrected chi connectivity index (χ4v) is 3.40. The van der Waals surface area contributed by atoms with Crippen LogP contribution in [0.25, 0.3) is 0 Å². The average Bonchev–Trinajstić information content (AvgIpc) is 2.86. The van der Waals surface area contributed by atoms with Crippen LogP contribution in [0.5, 0.6) is 0 Å². The second-order valence-electron chi connectivity index (χ2n) is 5.69. The average molecular weight is 258 g/mol. The summed E-state index contributed by atoms with van der Waals surface area (Å²) in [5.41, 5.74) is 0. The van der Waals surface area contributed by atoms with Gasteiger partial charge in [0.05, 0.1) is 0 Å². The Labute approximate surface area is 110 Å². The van der Waals surface area contributed by atoms with Crippen molar-refractivity contribution in [1.29, 1.82) is 0 Å². The molecule has 1 aliphatic carbocycles. The Kier molecular flexibility index (Phi) is 5.15. The van der Waals surface area contributed by atoms with Gasteiger partial charge in [0.2, 0.25) is 5.91 Å². The fraction of sp³-hybridized carbons (Fsp3) is 0.929. The van der Waals surface area contributed by atoms with Crippen molar-refractivity contribution in [3.05, 3.63) is 0 Å². The van der Waals surface area contributed by atoms with E-state index in [1.54, 1.807) is 0 Å². The first-order valence-corrected chi connectivity index (χ1v) is 7.67. The van der Waals surface area contributed by atoms with Crippen LogP contribution in [0.1, 0.15) is 51.4 Å². The van der Waals surface area contributed by atoms with Crippen molar-refractivity contribution in [3.8, 4) is 0 Å². The predicted octanol–water partition coefficient (Wildman–Crippen LogP) is 3.43. The van der Waals surface area contributed by atoms with Gasteiger partial charge >= 0.3 is 0 Å². The molecule has 0 bridgehead atoms. The Morgan fingerprint density at radius 3 is 2.53 bits per heavy atom. The highest BCUT2D eigenvalue weighted by Gasteiger charge is 2.25. The molecular formula is C14H24ClNO. The summed E-state index contributed by atoms with van der Waals surface area (Å²) in [7, 11) is 0. The summed E-state index contributed by atoms with van der Waals surface area (Å²) in [6.07, 6.45) is 9.80. The molecule has 17 heavy (non-hydrogen) atoms. The maximum atomic E-state index is 12.0. The van der Waals surface area contributed by atoms with Crippen molar-refractivity contribution in [3.63, 3.8) is 0 Å². The van der Waals surface area contributed by atoms with E-state index in [0.717, 1.165) is 38.3 Å².